The zero-order valence-electron chi connectivity index (χ0n) is 31.4. The minimum atomic E-state index is -7.96. The van der Waals surface area contributed by atoms with Crippen molar-refractivity contribution < 1.29 is 133 Å². The molecule has 0 saturated carbocycles. The normalized spacial score (nSPS) is 14.4. The summed E-state index contributed by atoms with van der Waals surface area (Å²) < 4.78 is 347. The van der Waals surface area contributed by atoms with Crippen LogP contribution in [-0.2, 0) is 19.1 Å². The van der Waals surface area contributed by atoms with E-state index >= 15 is 0 Å². The molecule has 0 unspecified atom stereocenters. The van der Waals surface area contributed by atoms with Gasteiger partial charge in [0.2, 0.25) is 0 Å². The van der Waals surface area contributed by atoms with Crippen molar-refractivity contribution in [1.29, 1.82) is 0 Å². The molecule has 0 fully saturated rings. The Kier molecular flexibility index (Phi) is 20.4. The Morgan fingerprint density at radius 2 is 0.836 bits per heavy atom. The van der Waals surface area contributed by atoms with Crippen molar-refractivity contribution >= 4 is 82.1 Å². The average molecular weight is 1150 g/mol. The van der Waals surface area contributed by atoms with Gasteiger partial charge in [-0.3, -0.25) is 14.7 Å². The van der Waals surface area contributed by atoms with Crippen molar-refractivity contribution in [3.63, 3.8) is 0 Å². The number of carbonyl (C=O) groups excluding carboxylic acids is 2. The van der Waals surface area contributed by atoms with E-state index in [9.17, 15) is 124 Å². The molecule has 0 radical (unpaired) electrons. The Balaban J connectivity index is 0.000000670. The van der Waals surface area contributed by atoms with Crippen LogP contribution in [0, 0.1) is 3.95 Å². The quantitative estimate of drug-likeness (QED) is 0.0497. The topological polar surface area (TPSA) is 107 Å². The summed E-state index contributed by atoms with van der Waals surface area (Å²) in [7, 11) is 0. The van der Waals surface area contributed by atoms with Gasteiger partial charge in [0, 0.05) is 11.5 Å². The van der Waals surface area contributed by atoms with E-state index in [1.165, 1.54) is 11.8 Å². The molecule has 0 aliphatic heterocycles. The largest absolute Gasteiger partial charge is 0.465 e. The second-order valence-electron chi connectivity index (χ2n) is 12.1. The van der Waals surface area contributed by atoms with Crippen LogP contribution >= 0.6 is 70.2 Å². The number of hydrogen-bond acceptors (Lipinski definition) is 13. The molecule has 0 aliphatic rings. The van der Waals surface area contributed by atoms with Gasteiger partial charge in [-0.25, -0.2) is 0 Å². The molecule has 0 bridgehead atoms. The van der Waals surface area contributed by atoms with Gasteiger partial charge in [0.1, 0.15) is 0 Å². The number of ether oxygens (including phenoxy) is 2. The first kappa shape index (κ1) is 62.5. The minimum absolute atomic E-state index is 0.0782. The number of aromatic nitrogens is 4. The number of hydrogen-bond donors (Lipinski definition) is 1. The number of alkyl halides is 26. The number of H-pyrrole nitrogens is 1. The molecule has 2 aromatic heterocycles. The zero-order chi connectivity index (χ0) is 52.9. The fourth-order valence-electron chi connectivity index (χ4n) is 3.71. The van der Waals surface area contributed by atoms with Gasteiger partial charge in [0.05, 0.1) is 38.9 Å². The number of aromatic amines is 1. The lowest BCUT2D eigenvalue weighted by atomic mass is 9.93. The van der Waals surface area contributed by atoms with Crippen LogP contribution in [0.15, 0.2) is 13.0 Å². The van der Waals surface area contributed by atoms with Crippen molar-refractivity contribution in [2.75, 3.05) is 31.0 Å². The third-order valence-electron chi connectivity index (χ3n) is 7.40. The summed E-state index contributed by atoms with van der Waals surface area (Å²) in [5, 5.41) is 13.5. The van der Waals surface area contributed by atoms with Gasteiger partial charge >= 0.3 is 83.5 Å². The summed E-state index contributed by atoms with van der Waals surface area (Å²) in [6, 6.07) is 0. The van der Waals surface area contributed by atoms with Crippen LogP contribution in [0.25, 0.3) is 0 Å². The van der Waals surface area contributed by atoms with Crippen LogP contribution in [0.1, 0.15) is 25.7 Å². The Bertz CT molecular complexity index is 2000. The molecule has 0 aliphatic carbocycles. The number of nitrogens with zero attached hydrogens (tertiary/aromatic N) is 3. The lowest BCUT2D eigenvalue weighted by Gasteiger charge is -2.39. The van der Waals surface area contributed by atoms with E-state index in [2.05, 4.69) is 29.9 Å². The number of nitrogens with one attached hydrogen (secondary N) is 1. The second kappa shape index (κ2) is 21.9. The monoisotopic (exact) mass is 1150 g/mol. The van der Waals surface area contributed by atoms with Gasteiger partial charge in [-0.15, -0.1) is 10.2 Å². The van der Waals surface area contributed by atoms with E-state index in [1.54, 1.807) is 6.26 Å². The molecule has 0 saturated heterocycles. The van der Waals surface area contributed by atoms with Crippen LogP contribution < -0.4 is 0 Å². The number of esters is 2. The molecule has 1 N–H and O–H groups in total. The summed E-state index contributed by atoms with van der Waals surface area (Å²) in [6.07, 6.45) is -19.5. The van der Waals surface area contributed by atoms with E-state index in [4.69, 9.17) is 12.2 Å². The number of rotatable bonds is 23. The van der Waals surface area contributed by atoms with Crippen molar-refractivity contribution in [1.82, 2.24) is 20.4 Å². The fraction of sp³-hybridized carbons (Fsp3) is 0.778. The number of halogens is 26. The summed E-state index contributed by atoms with van der Waals surface area (Å²) in [5.41, 5.74) is 0. The molecular formula is C27H20F26N4O4S6. The molecule has 2 heterocycles. The van der Waals surface area contributed by atoms with Gasteiger partial charge in [-0.2, -0.15) is 119 Å². The Hall–Kier alpha value is -2.49. The van der Waals surface area contributed by atoms with Crippen molar-refractivity contribution in [2.45, 2.75) is 110 Å². The highest BCUT2D eigenvalue weighted by atomic mass is 32.2. The van der Waals surface area contributed by atoms with Crippen LogP contribution in [0.5, 0.6) is 0 Å². The predicted molar refractivity (Wildman–Crippen MR) is 182 cm³/mol. The Morgan fingerprint density at radius 1 is 0.507 bits per heavy atom. The molecule has 67 heavy (non-hydrogen) atoms. The molecule has 0 aromatic carbocycles. The minimum Gasteiger partial charge on any atom is -0.465 e. The van der Waals surface area contributed by atoms with Gasteiger partial charge in [0.15, 0.2) is 17.0 Å². The molecule has 8 nitrogen and oxygen atoms in total. The van der Waals surface area contributed by atoms with E-state index in [1.807, 2.05) is 0 Å². The third kappa shape index (κ3) is 13.5. The van der Waals surface area contributed by atoms with E-state index < -0.39 is 122 Å². The molecule has 390 valence electrons. The highest BCUT2D eigenvalue weighted by molar-refractivity contribution is 8.03. The van der Waals surface area contributed by atoms with Crippen LogP contribution in [0.4, 0.5) is 114 Å². The highest BCUT2D eigenvalue weighted by Crippen LogP contribution is 2.62. The standard InChI is InChI=1S/C14H11F13N2O2S3.C13H9F13N2O2S3/c1-32-7-28-29-8(34-7)33-5-2-6(30)31-4-3-9(15,16)10(17,18)11(19,20)12(21,22)13(23,24)14(25,26)27;14-8(15,2-3-30-5(29)1-4-32-7-28-27-6(31)33-7)9(16,17)10(18,19)11(20,21)12(22,23)13(24,25)26/h2-5H2,1H3;1-4H2,(H,27,31). The van der Waals surface area contributed by atoms with Gasteiger partial charge in [0.25, 0.3) is 0 Å². The molecule has 0 spiro atoms. The third-order valence-corrected chi connectivity index (χ3v) is 12.7. The van der Waals surface area contributed by atoms with Gasteiger partial charge in [-0.1, -0.05) is 58.0 Å². The first-order valence-electron chi connectivity index (χ1n) is 16.2. The van der Waals surface area contributed by atoms with Crippen molar-refractivity contribution in [3.05, 3.63) is 3.95 Å². The molecule has 2 aromatic rings. The van der Waals surface area contributed by atoms with E-state index in [0.29, 0.717) is 13.0 Å². The molecule has 0 amide bonds. The lowest BCUT2D eigenvalue weighted by Crippen LogP contribution is -2.70. The summed E-state index contributed by atoms with van der Waals surface area (Å²) >= 11 is 9.96. The molecule has 2 rings (SSSR count). The van der Waals surface area contributed by atoms with Gasteiger partial charge < -0.3 is 9.47 Å². The first-order chi connectivity index (χ1) is 29.8. The zero-order valence-corrected chi connectivity index (χ0v) is 36.3. The molecule has 0 atom stereocenters. The Labute approximate surface area is 380 Å². The maximum atomic E-state index is 13.6. The van der Waals surface area contributed by atoms with Crippen molar-refractivity contribution in [2.24, 2.45) is 0 Å². The summed E-state index contributed by atoms with van der Waals surface area (Å²) in [5.74, 6) is -77.4. The smallest absolute Gasteiger partial charge is 0.460 e. The molecule has 40 heteroatoms. The lowest BCUT2D eigenvalue weighted by molar-refractivity contribution is -0.440. The number of thioether (sulfide) groups is 3. The maximum absolute atomic E-state index is 13.6. The predicted octanol–water partition coefficient (Wildman–Crippen LogP) is 12.8. The first-order valence-corrected chi connectivity index (χ1v) is 21.4. The Morgan fingerprint density at radius 3 is 1.13 bits per heavy atom. The second-order valence-corrected chi connectivity index (χ2v) is 18.4. The SMILES string of the molecule is CSc1nnc(SCCC(=O)OCCC(F)(F)C(F)(F)C(F)(F)C(F)(F)C(F)(F)C(F)(F)F)s1.O=C(CCSc1n[nH]c(=S)s1)OCCC(F)(F)C(F)(F)C(F)(F)C(F)(F)C(F)(F)C(F)(F)F. The average Bonchev–Trinajstić information content (AvgIpc) is 3.81. The van der Waals surface area contributed by atoms with Gasteiger partial charge in [-0.05, 0) is 18.5 Å². The summed E-state index contributed by atoms with van der Waals surface area (Å²) in [4.78, 5) is 22.8. The van der Waals surface area contributed by atoms with Crippen LogP contribution in [0.2, 0.25) is 0 Å². The molecular weight excluding hydrogens is 1130 g/mol. The van der Waals surface area contributed by atoms with Crippen molar-refractivity contribution in [3.8, 4) is 0 Å². The van der Waals surface area contributed by atoms with E-state index in [-0.39, 0.29) is 15.5 Å². The van der Waals surface area contributed by atoms with E-state index in [0.717, 1.165) is 46.2 Å². The van der Waals surface area contributed by atoms with Crippen LogP contribution in [-0.4, -0.2) is 135 Å². The van der Waals surface area contributed by atoms with Crippen LogP contribution in [0.3, 0.4) is 0 Å². The maximum Gasteiger partial charge on any atom is 0.460 e. The number of carbonyl (C=O) groups is 2. The summed E-state index contributed by atoms with van der Waals surface area (Å²) in [6.45, 7) is -3.54. The fourth-order valence-corrected chi connectivity index (χ4v) is 8.21. The highest BCUT2D eigenvalue weighted by Gasteiger charge is 2.92.